The number of rotatable bonds is 2. The Morgan fingerprint density at radius 2 is 2.28 bits per heavy atom. The highest BCUT2D eigenvalue weighted by Crippen LogP contribution is 2.38. The molecule has 0 fully saturated rings. The van der Waals surface area contributed by atoms with E-state index in [4.69, 9.17) is 16.0 Å². The highest BCUT2D eigenvalue weighted by Gasteiger charge is 2.25. The van der Waals surface area contributed by atoms with Crippen molar-refractivity contribution in [2.45, 2.75) is 25.1 Å². The minimum absolute atomic E-state index is 0.384. The summed E-state index contributed by atoms with van der Waals surface area (Å²) in [6.07, 6.45) is 2.73. The van der Waals surface area contributed by atoms with Gasteiger partial charge in [0.05, 0.1) is 11.6 Å². The molecule has 0 saturated heterocycles. The molecule has 0 N–H and O–H groups in total. The molecule has 2 heterocycles. The van der Waals surface area contributed by atoms with E-state index in [1.807, 2.05) is 0 Å². The van der Waals surface area contributed by atoms with Gasteiger partial charge in [0.25, 0.3) is 0 Å². The average Bonchev–Trinajstić information content (AvgIpc) is 2.88. The maximum Gasteiger partial charge on any atom is 0.302 e. The van der Waals surface area contributed by atoms with Crippen molar-refractivity contribution in [1.29, 1.82) is 0 Å². The SMILES string of the molecule is CC1CCN(c2nc(CCl)co2)c2ccccc21. The molecule has 1 aromatic heterocycles. The van der Waals surface area contributed by atoms with Gasteiger partial charge >= 0.3 is 6.01 Å². The highest BCUT2D eigenvalue weighted by molar-refractivity contribution is 6.16. The molecule has 1 aliphatic rings. The average molecular weight is 263 g/mol. The largest absolute Gasteiger partial charge is 0.431 e. The van der Waals surface area contributed by atoms with Crippen LogP contribution in [0.25, 0.3) is 0 Å². The molecule has 0 aliphatic carbocycles. The molecule has 1 aromatic carbocycles. The van der Waals surface area contributed by atoms with E-state index in [1.54, 1.807) is 6.26 Å². The van der Waals surface area contributed by atoms with E-state index in [9.17, 15) is 0 Å². The third-order valence-electron chi connectivity index (χ3n) is 3.45. The first kappa shape index (κ1) is 11.6. The third kappa shape index (κ3) is 1.89. The van der Waals surface area contributed by atoms with Crippen LogP contribution in [0.15, 0.2) is 34.9 Å². The summed E-state index contributed by atoms with van der Waals surface area (Å²) in [5, 5.41) is 0. The maximum atomic E-state index is 5.76. The topological polar surface area (TPSA) is 29.3 Å². The van der Waals surface area contributed by atoms with Crippen molar-refractivity contribution in [3.05, 3.63) is 41.8 Å². The summed E-state index contributed by atoms with van der Waals surface area (Å²) in [5.41, 5.74) is 3.33. The van der Waals surface area contributed by atoms with E-state index in [0.717, 1.165) is 18.7 Å². The van der Waals surface area contributed by atoms with Crippen molar-refractivity contribution in [2.24, 2.45) is 0 Å². The van der Waals surface area contributed by atoms with Gasteiger partial charge in [0.15, 0.2) is 0 Å². The number of benzene rings is 1. The van der Waals surface area contributed by atoms with Crippen LogP contribution in [0.2, 0.25) is 0 Å². The normalized spacial score (nSPS) is 18.8. The lowest BCUT2D eigenvalue weighted by atomic mass is 9.92. The molecular formula is C14H15ClN2O. The Morgan fingerprint density at radius 1 is 1.44 bits per heavy atom. The van der Waals surface area contributed by atoms with Gasteiger partial charge in [-0.3, -0.25) is 4.90 Å². The summed E-state index contributed by atoms with van der Waals surface area (Å²) in [7, 11) is 0. The molecule has 18 heavy (non-hydrogen) atoms. The molecule has 0 amide bonds. The zero-order chi connectivity index (χ0) is 12.5. The number of fused-ring (bicyclic) bond motifs is 1. The minimum Gasteiger partial charge on any atom is -0.431 e. The predicted molar refractivity (Wildman–Crippen MR) is 72.5 cm³/mol. The Labute approximate surface area is 111 Å². The molecule has 0 radical (unpaired) electrons. The number of oxazole rings is 1. The third-order valence-corrected chi connectivity index (χ3v) is 3.73. The van der Waals surface area contributed by atoms with Crippen molar-refractivity contribution >= 4 is 23.3 Å². The Kier molecular flexibility index (Phi) is 3.00. The Balaban J connectivity index is 2.01. The number of hydrogen-bond acceptors (Lipinski definition) is 3. The van der Waals surface area contributed by atoms with Crippen LogP contribution in [-0.4, -0.2) is 11.5 Å². The number of halogens is 1. The molecule has 94 valence electrons. The van der Waals surface area contributed by atoms with Crippen molar-refractivity contribution in [1.82, 2.24) is 4.98 Å². The minimum atomic E-state index is 0.384. The van der Waals surface area contributed by atoms with Crippen molar-refractivity contribution in [3.63, 3.8) is 0 Å². The van der Waals surface area contributed by atoms with Crippen LogP contribution in [0.1, 0.15) is 30.5 Å². The molecule has 3 nitrogen and oxygen atoms in total. The zero-order valence-electron chi connectivity index (χ0n) is 10.3. The highest BCUT2D eigenvalue weighted by atomic mass is 35.5. The fourth-order valence-electron chi connectivity index (χ4n) is 2.43. The molecule has 2 aromatic rings. The summed E-state index contributed by atoms with van der Waals surface area (Å²) in [5.74, 6) is 0.968. The summed E-state index contributed by atoms with van der Waals surface area (Å²) in [4.78, 5) is 6.53. The van der Waals surface area contributed by atoms with Crippen LogP contribution in [-0.2, 0) is 5.88 Å². The smallest absolute Gasteiger partial charge is 0.302 e. The van der Waals surface area contributed by atoms with E-state index < -0.39 is 0 Å². The quantitative estimate of drug-likeness (QED) is 0.765. The van der Waals surface area contributed by atoms with Crippen LogP contribution in [0.5, 0.6) is 0 Å². The first-order valence-electron chi connectivity index (χ1n) is 6.16. The second-order valence-electron chi connectivity index (χ2n) is 4.66. The lowest BCUT2D eigenvalue weighted by Gasteiger charge is -2.31. The van der Waals surface area contributed by atoms with Gasteiger partial charge < -0.3 is 4.42 Å². The first-order chi connectivity index (χ1) is 8.79. The lowest BCUT2D eigenvalue weighted by Crippen LogP contribution is -2.26. The maximum absolute atomic E-state index is 5.76. The van der Waals surface area contributed by atoms with Gasteiger partial charge in [-0.15, -0.1) is 11.6 Å². The molecule has 1 unspecified atom stereocenters. The molecule has 1 aliphatic heterocycles. The summed E-state index contributed by atoms with van der Waals surface area (Å²) in [6, 6.07) is 9.08. The van der Waals surface area contributed by atoms with Gasteiger partial charge in [-0.2, -0.15) is 4.98 Å². The first-order valence-corrected chi connectivity index (χ1v) is 6.70. The van der Waals surface area contributed by atoms with Gasteiger partial charge in [-0.1, -0.05) is 25.1 Å². The lowest BCUT2D eigenvalue weighted by molar-refractivity contribution is 0.534. The van der Waals surface area contributed by atoms with Gasteiger partial charge in [0.2, 0.25) is 0 Å². The molecule has 4 heteroatoms. The Morgan fingerprint density at radius 3 is 3.06 bits per heavy atom. The summed E-state index contributed by atoms with van der Waals surface area (Å²) >= 11 is 5.76. The fraction of sp³-hybridized carbons (Fsp3) is 0.357. The fourth-order valence-corrected chi connectivity index (χ4v) is 2.55. The molecule has 0 spiro atoms. The summed E-state index contributed by atoms with van der Waals surface area (Å²) < 4.78 is 5.52. The standard InChI is InChI=1S/C14H15ClN2O/c1-10-6-7-17(13-5-3-2-4-12(10)13)14-16-11(8-15)9-18-14/h2-5,9-10H,6-8H2,1H3. The second-order valence-corrected chi connectivity index (χ2v) is 4.92. The van der Waals surface area contributed by atoms with Gasteiger partial charge in [0, 0.05) is 12.2 Å². The van der Waals surface area contributed by atoms with Gasteiger partial charge in [-0.25, -0.2) is 0 Å². The monoisotopic (exact) mass is 262 g/mol. The number of nitrogens with zero attached hydrogens (tertiary/aromatic N) is 2. The number of anilines is 2. The van der Waals surface area contributed by atoms with E-state index in [2.05, 4.69) is 41.1 Å². The Hall–Kier alpha value is -1.48. The molecule has 1 atom stereocenters. The number of hydrogen-bond donors (Lipinski definition) is 0. The zero-order valence-corrected chi connectivity index (χ0v) is 11.0. The Bertz CT molecular complexity index is 552. The molecule has 0 bridgehead atoms. The van der Waals surface area contributed by atoms with Gasteiger partial charge in [0.1, 0.15) is 6.26 Å². The molecule has 3 rings (SSSR count). The molecule has 0 saturated carbocycles. The van der Waals surface area contributed by atoms with Crippen LogP contribution in [0.4, 0.5) is 11.7 Å². The van der Waals surface area contributed by atoms with Crippen LogP contribution in [0.3, 0.4) is 0 Å². The second kappa shape index (κ2) is 4.65. The van der Waals surface area contributed by atoms with Crippen LogP contribution >= 0.6 is 11.6 Å². The number of aromatic nitrogens is 1. The van der Waals surface area contributed by atoms with E-state index in [1.165, 1.54) is 11.3 Å². The van der Waals surface area contributed by atoms with Crippen molar-refractivity contribution in [2.75, 3.05) is 11.4 Å². The van der Waals surface area contributed by atoms with E-state index in [0.29, 0.717) is 17.8 Å². The summed E-state index contributed by atoms with van der Waals surface area (Å²) in [6.45, 7) is 3.19. The molecular weight excluding hydrogens is 248 g/mol. The van der Waals surface area contributed by atoms with Gasteiger partial charge in [-0.05, 0) is 24.0 Å². The van der Waals surface area contributed by atoms with E-state index >= 15 is 0 Å². The van der Waals surface area contributed by atoms with Crippen LogP contribution in [0, 0.1) is 0 Å². The van der Waals surface area contributed by atoms with E-state index in [-0.39, 0.29) is 0 Å². The van der Waals surface area contributed by atoms with Crippen LogP contribution < -0.4 is 4.90 Å². The van der Waals surface area contributed by atoms with Crippen molar-refractivity contribution < 1.29 is 4.42 Å². The number of para-hydroxylation sites is 1. The van der Waals surface area contributed by atoms with Crippen molar-refractivity contribution in [3.8, 4) is 0 Å². The number of alkyl halides is 1. The predicted octanol–water partition coefficient (Wildman–Crippen LogP) is 4.06.